The Morgan fingerprint density at radius 2 is 1.71 bits per heavy atom. The van der Waals surface area contributed by atoms with Gasteiger partial charge in [0.05, 0.1) is 13.0 Å². The number of nitrogens with two attached hydrogens (primary N) is 1. The lowest BCUT2D eigenvalue weighted by atomic mass is 9.44. The number of hydrogen-bond donors (Lipinski definition) is 1. The first-order valence-electron chi connectivity index (χ1n) is 16.3. The summed E-state index contributed by atoms with van der Waals surface area (Å²) in [5.41, 5.74) is 6.37. The molecule has 5 heteroatoms. The fourth-order valence-corrected chi connectivity index (χ4v) is 10.0. The summed E-state index contributed by atoms with van der Waals surface area (Å²) in [4.78, 5) is 25.1. The van der Waals surface area contributed by atoms with Crippen molar-refractivity contribution in [2.45, 2.75) is 137 Å². The van der Waals surface area contributed by atoms with E-state index in [9.17, 15) is 9.59 Å². The van der Waals surface area contributed by atoms with Crippen LogP contribution in [0.25, 0.3) is 0 Å². The van der Waals surface area contributed by atoms with Gasteiger partial charge in [-0.25, -0.2) is 0 Å². The van der Waals surface area contributed by atoms with E-state index in [1.165, 1.54) is 64.2 Å². The molecule has 0 aromatic rings. The summed E-state index contributed by atoms with van der Waals surface area (Å²) in [7, 11) is 0. The minimum atomic E-state index is -0.0981. The standard InChI is InChI=1S/C33H57NO4/c1-5-6-7-10-21-37-29(35)15-12-23(2)25-13-14-26-31-27(16-19-33(25,26)4)32(3)18-9-8-11-24(32)22-28(31)38-30(36)17-20-34/h23-28,31H,5-22,34H2,1-4H3/t23-,24+,25?,26?,27?,28-,31+,32+,33-/m1/s1. The van der Waals surface area contributed by atoms with Crippen LogP contribution in [0.4, 0.5) is 0 Å². The maximum Gasteiger partial charge on any atom is 0.307 e. The highest BCUT2D eigenvalue weighted by Gasteiger charge is 2.63. The van der Waals surface area contributed by atoms with Crippen molar-refractivity contribution in [3.05, 3.63) is 0 Å². The molecule has 218 valence electrons. The van der Waals surface area contributed by atoms with Crippen LogP contribution in [0, 0.1) is 46.3 Å². The van der Waals surface area contributed by atoms with Crippen LogP contribution in [0.3, 0.4) is 0 Å². The summed E-state index contributed by atoms with van der Waals surface area (Å²) < 4.78 is 11.8. The number of carbonyl (C=O) groups excluding carboxylic acids is 2. The van der Waals surface area contributed by atoms with Crippen LogP contribution in [-0.4, -0.2) is 31.2 Å². The molecule has 4 saturated carbocycles. The van der Waals surface area contributed by atoms with Gasteiger partial charge in [0.15, 0.2) is 0 Å². The van der Waals surface area contributed by atoms with Crippen LogP contribution < -0.4 is 5.73 Å². The van der Waals surface area contributed by atoms with E-state index in [0.29, 0.717) is 66.9 Å². The topological polar surface area (TPSA) is 78.6 Å². The van der Waals surface area contributed by atoms with Crippen LogP contribution in [0.2, 0.25) is 0 Å². The van der Waals surface area contributed by atoms with Crippen LogP contribution in [0.15, 0.2) is 0 Å². The number of rotatable bonds is 12. The Morgan fingerprint density at radius 1 is 0.921 bits per heavy atom. The molecule has 5 nitrogen and oxygen atoms in total. The van der Waals surface area contributed by atoms with Gasteiger partial charge in [-0.3, -0.25) is 9.59 Å². The molecule has 0 aromatic carbocycles. The van der Waals surface area contributed by atoms with E-state index in [4.69, 9.17) is 15.2 Å². The molecule has 38 heavy (non-hydrogen) atoms. The lowest BCUT2D eigenvalue weighted by molar-refractivity contribution is -0.190. The van der Waals surface area contributed by atoms with Gasteiger partial charge in [-0.05, 0) is 98.2 Å². The Hall–Kier alpha value is -1.10. The van der Waals surface area contributed by atoms with E-state index < -0.39 is 0 Å². The number of hydrogen-bond acceptors (Lipinski definition) is 5. The van der Waals surface area contributed by atoms with Gasteiger partial charge >= 0.3 is 11.9 Å². The predicted molar refractivity (Wildman–Crippen MR) is 152 cm³/mol. The van der Waals surface area contributed by atoms with Gasteiger partial charge in [-0.2, -0.15) is 0 Å². The van der Waals surface area contributed by atoms with Crippen molar-refractivity contribution in [3.63, 3.8) is 0 Å². The molecule has 0 aromatic heterocycles. The molecule has 0 bridgehead atoms. The molecule has 4 aliphatic rings. The monoisotopic (exact) mass is 531 g/mol. The summed E-state index contributed by atoms with van der Waals surface area (Å²) in [6.45, 7) is 10.6. The average molecular weight is 532 g/mol. The first kappa shape index (κ1) is 29.9. The van der Waals surface area contributed by atoms with Gasteiger partial charge in [-0.1, -0.05) is 59.8 Å². The molecule has 2 N–H and O–H groups in total. The summed E-state index contributed by atoms with van der Waals surface area (Å²) >= 11 is 0. The van der Waals surface area contributed by atoms with Crippen LogP contribution in [0.5, 0.6) is 0 Å². The fraction of sp³-hybridized carbons (Fsp3) is 0.939. The molecule has 4 fully saturated rings. The van der Waals surface area contributed by atoms with Gasteiger partial charge in [-0.15, -0.1) is 0 Å². The van der Waals surface area contributed by atoms with E-state index in [0.717, 1.165) is 25.7 Å². The number of carbonyl (C=O) groups is 2. The third kappa shape index (κ3) is 6.13. The highest BCUT2D eigenvalue weighted by molar-refractivity contribution is 5.70. The van der Waals surface area contributed by atoms with Crippen LogP contribution in [-0.2, 0) is 19.1 Å². The molecule has 0 saturated heterocycles. The lowest BCUT2D eigenvalue weighted by Gasteiger charge is -2.62. The van der Waals surface area contributed by atoms with E-state index in [2.05, 4.69) is 27.7 Å². The molecule has 0 amide bonds. The third-order valence-corrected chi connectivity index (χ3v) is 12.0. The maximum atomic E-state index is 12.7. The zero-order valence-corrected chi connectivity index (χ0v) is 25.0. The smallest absolute Gasteiger partial charge is 0.307 e. The molecule has 0 heterocycles. The average Bonchev–Trinajstić information content (AvgIpc) is 3.24. The zero-order valence-electron chi connectivity index (χ0n) is 25.0. The molecular formula is C33H57NO4. The fourth-order valence-electron chi connectivity index (χ4n) is 10.0. The third-order valence-electron chi connectivity index (χ3n) is 12.0. The van der Waals surface area contributed by atoms with Crippen molar-refractivity contribution in [1.82, 2.24) is 0 Å². The van der Waals surface area contributed by atoms with Crippen LogP contribution >= 0.6 is 0 Å². The van der Waals surface area contributed by atoms with E-state index >= 15 is 0 Å². The Bertz CT molecular complexity index is 800. The van der Waals surface area contributed by atoms with Crippen molar-refractivity contribution in [2.75, 3.05) is 13.2 Å². The summed E-state index contributed by atoms with van der Waals surface area (Å²) in [5.74, 6) is 3.44. The molecule has 3 unspecified atom stereocenters. The first-order chi connectivity index (χ1) is 18.2. The number of unbranched alkanes of at least 4 members (excludes halogenated alkanes) is 3. The number of fused-ring (bicyclic) bond motifs is 5. The van der Waals surface area contributed by atoms with E-state index in [1.54, 1.807) is 0 Å². The second-order valence-corrected chi connectivity index (χ2v) is 14.1. The van der Waals surface area contributed by atoms with Crippen molar-refractivity contribution in [2.24, 2.45) is 52.1 Å². The van der Waals surface area contributed by atoms with Gasteiger partial charge in [0.1, 0.15) is 6.10 Å². The van der Waals surface area contributed by atoms with Gasteiger partial charge in [0, 0.05) is 18.9 Å². The lowest BCUT2D eigenvalue weighted by Crippen LogP contribution is -2.58. The summed E-state index contributed by atoms with van der Waals surface area (Å²) in [5, 5.41) is 0. The van der Waals surface area contributed by atoms with Crippen molar-refractivity contribution < 1.29 is 19.1 Å². The molecule has 9 atom stereocenters. The maximum absolute atomic E-state index is 12.7. The Morgan fingerprint density at radius 3 is 2.47 bits per heavy atom. The van der Waals surface area contributed by atoms with Crippen molar-refractivity contribution in [1.29, 1.82) is 0 Å². The largest absolute Gasteiger partial charge is 0.466 e. The van der Waals surface area contributed by atoms with Crippen LogP contribution in [0.1, 0.15) is 130 Å². The normalized spacial score (nSPS) is 39.0. The Labute approximate surface area is 232 Å². The Balaban J connectivity index is 1.43. The van der Waals surface area contributed by atoms with Crippen molar-refractivity contribution in [3.8, 4) is 0 Å². The number of ether oxygens (including phenoxy) is 2. The quantitative estimate of drug-likeness (QED) is 0.209. The van der Waals surface area contributed by atoms with Gasteiger partial charge in [0.25, 0.3) is 0 Å². The molecule has 0 radical (unpaired) electrons. The minimum Gasteiger partial charge on any atom is -0.466 e. The predicted octanol–water partition coefficient (Wildman–Crippen LogP) is 7.45. The van der Waals surface area contributed by atoms with Gasteiger partial charge in [0.2, 0.25) is 0 Å². The highest BCUT2D eigenvalue weighted by atomic mass is 16.5. The summed E-state index contributed by atoms with van der Waals surface area (Å²) in [6, 6.07) is 0. The zero-order chi connectivity index (χ0) is 27.3. The molecule has 4 rings (SSSR count). The first-order valence-corrected chi connectivity index (χ1v) is 16.3. The second-order valence-electron chi connectivity index (χ2n) is 14.1. The SMILES string of the molecule is CCCCCCOC(=O)CC[C@@H](C)C1CCC2[C@H]3C(CC[C@@]21C)[C@@]1(C)CCCC[C@H]1C[C@H]3OC(=O)CCN. The van der Waals surface area contributed by atoms with Crippen molar-refractivity contribution >= 4 is 11.9 Å². The summed E-state index contributed by atoms with van der Waals surface area (Å²) in [6.07, 6.45) is 17.7. The second kappa shape index (κ2) is 13.0. The molecule has 0 spiro atoms. The van der Waals surface area contributed by atoms with Gasteiger partial charge < -0.3 is 15.2 Å². The highest BCUT2D eigenvalue weighted by Crippen LogP contribution is 2.68. The minimum absolute atomic E-state index is 0.0211. The molecule has 0 aliphatic heterocycles. The Kier molecular flexibility index (Phi) is 10.3. The van der Waals surface area contributed by atoms with E-state index in [-0.39, 0.29) is 23.5 Å². The number of esters is 2. The molecule has 4 aliphatic carbocycles. The molecular weight excluding hydrogens is 474 g/mol. The van der Waals surface area contributed by atoms with E-state index in [1.807, 2.05) is 0 Å².